The van der Waals surface area contributed by atoms with Gasteiger partial charge in [-0.25, -0.2) is 0 Å². The van der Waals surface area contributed by atoms with Crippen molar-refractivity contribution in [1.29, 1.82) is 0 Å². The van der Waals surface area contributed by atoms with Crippen molar-refractivity contribution in [2.75, 3.05) is 0 Å². The van der Waals surface area contributed by atoms with Crippen LogP contribution in [0.15, 0.2) is 16.9 Å². The highest BCUT2D eigenvalue weighted by Crippen LogP contribution is 2.31. The van der Waals surface area contributed by atoms with E-state index in [-0.39, 0.29) is 30.2 Å². The molecule has 2 N–H and O–H groups in total. The molecule has 0 saturated carbocycles. The maximum atomic E-state index is 12.8. The quantitative estimate of drug-likeness (QED) is 0.886. The number of nitrogens with one attached hydrogen (secondary N) is 2. The molecule has 7 heteroatoms. The van der Waals surface area contributed by atoms with Crippen LogP contribution in [0.25, 0.3) is 0 Å². The normalized spacial score (nSPS) is 19.5. The molecule has 1 aliphatic heterocycles. The molecule has 2 aromatic heterocycles. The SMILES string of the molecule is CCn1nc2c(c1C(=O)NCc1ccc(C)[nH]c1=O)C[C@H](C)O[C@@H]2C. The summed E-state index contributed by atoms with van der Waals surface area (Å²) in [4.78, 5) is 27.5. The van der Waals surface area contributed by atoms with E-state index >= 15 is 0 Å². The van der Waals surface area contributed by atoms with Crippen molar-refractivity contribution in [1.82, 2.24) is 20.1 Å². The summed E-state index contributed by atoms with van der Waals surface area (Å²) in [6, 6.07) is 3.56. The third kappa shape index (κ3) is 3.37. The minimum atomic E-state index is -0.211. The van der Waals surface area contributed by atoms with Crippen LogP contribution in [0.4, 0.5) is 0 Å². The number of aromatic amines is 1. The Kier molecular flexibility index (Phi) is 4.76. The number of aryl methyl sites for hydroxylation is 2. The summed E-state index contributed by atoms with van der Waals surface area (Å²) in [7, 11) is 0. The number of carbonyl (C=O) groups excluding carboxylic acids is 1. The van der Waals surface area contributed by atoms with E-state index in [9.17, 15) is 9.59 Å². The first-order valence-electron chi connectivity index (χ1n) is 8.62. The summed E-state index contributed by atoms with van der Waals surface area (Å²) >= 11 is 0. The lowest BCUT2D eigenvalue weighted by Crippen LogP contribution is -2.30. The van der Waals surface area contributed by atoms with Gasteiger partial charge in [-0.2, -0.15) is 5.10 Å². The smallest absolute Gasteiger partial charge is 0.270 e. The lowest BCUT2D eigenvalue weighted by molar-refractivity contribution is -0.00712. The fraction of sp³-hybridized carbons (Fsp3) is 0.500. The van der Waals surface area contributed by atoms with Crippen LogP contribution in [-0.4, -0.2) is 26.8 Å². The number of nitrogens with zero attached hydrogens (tertiary/aromatic N) is 2. The van der Waals surface area contributed by atoms with Gasteiger partial charge in [-0.1, -0.05) is 6.07 Å². The number of ether oxygens (including phenoxy) is 1. The van der Waals surface area contributed by atoms with Gasteiger partial charge >= 0.3 is 0 Å². The number of pyridine rings is 1. The first-order valence-corrected chi connectivity index (χ1v) is 8.62. The topological polar surface area (TPSA) is 89.0 Å². The van der Waals surface area contributed by atoms with Crippen LogP contribution < -0.4 is 10.9 Å². The van der Waals surface area contributed by atoms with Crippen molar-refractivity contribution in [3.8, 4) is 0 Å². The number of amides is 1. The Morgan fingerprint density at radius 3 is 2.88 bits per heavy atom. The van der Waals surface area contributed by atoms with Gasteiger partial charge in [0.15, 0.2) is 0 Å². The molecular weight excluding hydrogens is 320 g/mol. The molecule has 2 atom stereocenters. The summed E-state index contributed by atoms with van der Waals surface area (Å²) in [5.74, 6) is -0.211. The molecule has 1 aliphatic rings. The summed E-state index contributed by atoms with van der Waals surface area (Å²) in [6.45, 7) is 8.50. The van der Waals surface area contributed by atoms with E-state index < -0.39 is 0 Å². The Morgan fingerprint density at radius 2 is 2.20 bits per heavy atom. The van der Waals surface area contributed by atoms with Crippen molar-refractivity contribution in [2.45, 2.75) is 59.4 Å². The number of aromatic nitrogens is 3. The van der Waals surface area contributed by atoms with Crippen LogP contribution in [0.3, 0.4) is 0 Å². The summed E-state index contributed by atoms with van der Waals surface area (Å²) in [5.41, 5.74) is 3.49. The second kappa shape index (κ2) is 6.84. The second-order valence-electron chi connectivity index (χ2n) is 6.50. The van der Waals surface area contributed by atoms with E-state index in [1.165, 1.54) is 0 Å². The first-order chi connectivity index (χ1) is 11.9. The minimum Gasteiger partial charge on any atom is -0.369 e. The molecule has 0 radical (unpaired) electrons. The third-order valence-electron chi connectivity index (χ3n) is 4.49. The molecule has 0 aliphatic carbocycles. The van der Waals surface area contributed by atoms with Gasteiger partial charge in [0.1, 0.15) is 5.69 Å². The Bertz CT molecular complexity index is 852. The zero-order valence-corrected chi connectivity index (χ0v) is 15.0. The minimum absolute atomic E-state index is 0.0449. The summed E-state index contributed by atoms with van der Waals surface area (Å²) in [5, 5.41) is 7.41. The van der Waals surface area contributed by atoms with Crippen LogP contribution in [-0.2, 0) is 24.2 Å². The zero-order valence-electron chi connectivity index (χ0n) is 15.0. The van der Waals surface area contributed by atoms with Crippen LogP contribution >= 0.6 is 0 Å². The van der Waals surface area contributed by atoms with E-state index in [0.717, 1.165) is 17.0 Å². The number of rotatable bonds is 4. The van der Waals surface area contributed by atoms with Gasteiger partial charge in [-0.05, 0) is 33.8 Å². The molecule has 0 aromatic carbocycles. The van der Waals surface area contributed by atoms with Crippen LogP contribution in [0.2, 0.25) is 0 Å². The summed E-state index contributed by atoms with van der Waals surface area (Å²) < 4.78 is 7.53. The molecule has 0 fully saturated rings. The number of fused-ring (bicyclic) bond motifs is 1. The van der Waals surface area contributed by atoms with Crippen LogP contribution in [0.1, 0.15) is 59.9 Å². The van der Waals surface area contributed by atoms with Crippen molar-refractivity contribution >= 4 is 5.91 Å². The van der Waals surface area contributed by atoms with E-state index in [1.807, 2.05) is 33.8 Å². The highest BCUT2D eigenvalue weighted by molar-refractivity contribution is 5.94. The van der Waals surface area contributed by atoms with Crippen molar-refractivity contribution in [2.24, 2.45) is 0 Å². The number of H-pyrrole nitrogens is 1. The van der Waals surface area contributed by atoms with Gasteiger partial charge in [0.2, 0.25) is 0 Å². The molecule has 3 rings (SSSR count). The first kappa shape index (κ1) is 17.4. The van der Waals surface area contributed by atoms with E-state index in [0.29, 0.717) is 24.2 Å². The second-order valence-corrected chi connectivity index (χ2v) is 6.50. The number of hydrogen-bond acceptors (Lipinski definition) is 4. The molecule has 7 nitrogen and oxygen atoms in total. The van der Waals surface area contributed by atoms with Crippen LogP contribution in [0.5, 0.6) is 0 Å². The maximum absolute atomic E-state index is 12.8. The van der Waals surface area contributed by atoms with Crippen LogP contribution in [0, 0.1) is 6.92 Å². The van der Waals surface area contributed by atoms with Gasteiger partial charge in [-0.15, -0.1) is 0 Å². The highest BCUT2D eigenvalue weighted by Gasteiger charge is 2.31. The van der Waals surface area contributed by atoms with E-state index in [1.54, 1.807) is 10.7 Å². The van der Waals surface area contributed by atoms with E-state index in [4.69, 9.17) is 4.74 Å². The molecule has 0 saturated heterocycles. The average molecular weight is 344 g/mol. The van der Waals surface area contributed by atoms with Crippen molar-refractivity contribution in [3.63, 3.8) is 0 Å². The fourth-order valence-electron chi connectivity index (χ4n) is 3.28. The highest BCUT2D eigenvalue weighted by atomic mass is 16.5. The van der Waals surface area contributed by atoms with Crippen molar-refractivity contribution < 1.29 is 9.53 Å². The predicted molar refractivity (Wildman–Crippen MR) is 93.5 cm³/mol. The molecule has 2 aromatic rings. The third-order valence-corrected chi connectivity index (χ3v) is 4.49. The Hall–Kier alpha value is -2.41. The lowest BCUT2D eigenvalue weighted by atomic mass is 9.99. The maximum Gasteiger partial charge on any atom is 0.270 e. The van der Waals surface area contributed by atoms with E-state index in [2.05, 4.69) is 15.4 Å². The standard InChI is InChI=1S/C18H24N4O3/c1-5-22-16(14-8-11(3)25-12(4)15(14)21-22)18(24)19-9-13-7-6-10(2)20-17(13)23/h6-7,11-12H,5,8-9H2,1-4H3,(H,19,24)(H,20,23)/t11-,12+/m0/s1. The Balaban J connectivity index is 1.86. The fourth-order valence-corrected chi connectivity index (χ4v) is 3.28. The van der Waals surface area contributed by atoms with Gasteiger partial charge in [0, 0.05) is 36.3 Å². The van der Waals surface area contributed by atoms with Gasteiger partial charge in [0.25, 0.3) is 11.5 Å². The molecule has 0 unspecified atom stereocenters. The van der Waals surface area contributed by atoms with Gasteiger partial charge in [0.05, 0.1) is 17.9 Å². The van der Waals surface area contributed by atoms with Gasteiger partial charge in [-0.3, -0.25) is 14.3 Å². The molecule has 0 spiro atoms. The molecule has 134 valence electrons. The largest absolute Gasteiger partial charge is 0.369 e. The summed E-state index contributed by atoms with van der Waals surface area (Å²) in [6.07, 6.45) is 0.578. The molecule has 0 bridgehead atoms. The number of hydrogen-bond donors (Lipinski definition) is 2. The van der Waals surface area contributed by atoms with Gasteiger partial charge < -0.3 is 15.0 Å². The predicted octanol–water partition coefficient (Wildman–Crippen LogP) is 1.85. The molecule has 1 amide bonds. The Morgan fingerprint density at radius 1 is 1.44 bits per heavy atom. The zero-order chi connectivity index (χ0) is 18.1. The molecular formula is C18H24N4O3. The van der Waals surface area contributed by atoms with Crippen molar-refractivity contribution in [3.05, 3.63) is 50.7 Å². The molecule has 25 heavy (non-hydrogen) atoms. The monoisotopic (exact) mass is 344 g/mol. The Labute approximate surface area is 146 Å². The average Bonchev–Trinajstić information content (AvgIpc) is 2.92. The molecule has 3 heterocycles. The number of carbonyl (C=O) groups is 1. The lowest BCUT2D eigenvalue weighted by Gasteiger charge is -2.24.